The third-order valence-corrected chi connectivity index (χ3v) is 6.30. The lowest BCUT2D eigenvalue weighted by atomic mass is 9.98. The predicted molar refractivity (Wildman–Crippen MR) is 119 cm³/mol. The van der Waals surface area contributed by atoms with E-state index in [-0.39, 0.29) is 5.92 Å². The molecule has 7 heteroatoms. The molecule has 2 aromatic rings. The largest absolute Gasteiger partial charge is 0.481 e. The van der Waals surface area contributed by atoms with E-state index in [2.05, 4.69) is 10.1 Å². The van der Waals surface area contributed by atoms with E-state index in [4.69, 9.17) is 28.0 Å². The second kappa shape index (κ2) is 9.38. The van der Waals surface area contributed by atoms with E-state index in [9.17, 15) is 9.90 Å². The summed E-state index contributed by atoms with van der Waals surface area (Å²) in [4.78, 5) is 19.1. The summed E-state index contributed by atoms with van der Waals surface area (Å²) in [5.74, 6) is -1.02. The number of aliphatic carboxylic acids is 1. The number of aryl methyl sites for hydroxylation is 2. The third kappa shape index (κ3) is 4.80. The SMILES string of the molecule is O=C(O)[C@@H]1CCCN(CCON=C2c3cc(Cl)ccc3CCc3ccc(Cl)cc32)C1. The summed E-state index contributed by atoms with van der Waals surface area (Å²) in [6, 6.07) is 11.7. The van der Waals surface area contributed by atoms with Crippen molar-refractivity contribution in [1.29, 1.82) is 0 Å². The number of nitrogens with zero attached hydrogens (tertiary/aromatic N) is 2. The molecule has 1 atom stereocenters. The summed E-state index contributed by atoms with van der Waals surface area (Å²) in [6.45, 7) is 2.49. The molecule has 1 fully saturated rings. The molecule has 5 nitrogen and oxygen atoms in total. The van der Waals surface area contributed by atoms with Crippen LogP contribution in [0.1, 0.15) is 35.1 Å². The smallest absolute Gasteiger partial charge is 0.307 e. The van der Waals surface area contributed by atoms with Gasteiger partial charge in [0.1, 0.15) is 12.3 Å². The Balaban J connectivity index is 1.53. The highest BCUT2D eigenvalue weighted by molar-refractivity contribution is 6.32. The summed E-state index contributed by atoms with van der Waals surface area (Å²) < 4.78 is 0. The summed E-state index contributed by atoms with van der Waals surface area (Å²) in [5, 5.41) is 15.1. The molecule has 2 aliphatic rings. The number of benzene rings is 2. The van der Waals surface area contributed by atoms with Crippen molar-refractivity contribution in [3.05, 3.63) is 68.7 Å². The zero-order chi connectivity index (χ0) is 21.1. The van der Waals surface area contributed by atoms with Gasteiger partial charge in [0.25, 0.3) is 0 Å². The van der Waals surface area contributed by atoms with E-state index in [0.29, 0.717) is 29.7 Å². The normalized spacial score (nSPS) is 18.9. The van der Waals surface area contributed by atoms with Crippen LogP contribution < -0.4 is 0 Å². The van der Waals surface area contributed by atoms with Gasteiger partial charge in [-0.1, -0.05) is 40.5 Å². The highest BCUT2D eigenvalue weighted by atomic mass is 35.5. The van der Waals surface area contributed by atoms with E-state index in [0.717, 1.165) is 49.1 Å². The lowest BCUT2D eigenvalue weighted by molar-refractivity contribution is -0.143. The van der Waals surface area contributed by atoms with Gasteiger partial charge < -0.3 is 9.94 Å². The number of hydrogen-bond donors (Lipinski definition) is 1. The molecule has 0 spiro atoms. The number of piperidine rings is 1. The van der Waals surface area contributed by atoms with Crippen LogP contribution in [0.4, 0.5) is 0 Å². The first-order valence-electron chi connectivity index (χ1n) is 10.2. The Morgan fingerprint density at radius 2 is 1.73 bits per heavy atom. The predicted octanol–water partition coefficient (Wildman–Crippen LogP) is 4.66. The highest BCUT2D eigenvalue weighted by Gasteiger charge is 2.25. The number of carboxylic acids is 1. The number of hydrogen-bond acceptors (Lipinski definition) is 4. The van der Waals surface area contributed by atoms with Crippen LogP contribution in [-0.2, 0) is 22.5 Å². The van der Waals surface area contributed by atoms with Crippen LogP contribution in [0.25, 0.3) is 0 Å². The van der Waals surface area contributed by atoms with Gasteiger partial charge in [0, 0.05) is 34.3 Å². The Bertz CT molecular complexity index is 921. The van der Waals surface area contributed by atoms with E-state index in [1.807, 2.05) is 36.4 Å². The van der Waals surface area contributed by atoms with Gasteiger partial charge in [-0.3, -0.25) is 9.69 Å². The first-order chi connectivity index (χ1) is 14.5. The molecule has 1 aliphatic carbocycles. The molecule has 0 bridgehead atoms. The van der Waals surface area contributed by atoms with E-state index < -0.39 is 5.97 Å². The molecule has 0 amide bonds. The first-order valence-corrected chi connectivity index (χ1v) is 11.0. The van der Waals surface area contributed by atoms with Crippen molar-refractivity contribution < 1.29 is 14.7 Å². The van der Waals surface area contributed by atoms with Crippen molar-refractivity contribution in [2.45, 2.75) is 25.7 Å². The van der Waals surface area contributed by atoms with Crippen molar-refractivity contribution in [3.63, 3.8) is 0 Å². The second-order valence-electron chi connectivity index (χ2n) is 7.85. The number of oxime groups is 1. The number of fused-ring (bicyclic) bond motifs is 2. The van der Waals surface area contributed by atoms with Crippen LogP contribution in [0.5, 0.6) is 0 Å². The standard InChI is InChI=1S/C23H24Cl2N2O3/c24-18-7-5-15-3-4-16-6-8-19(25)13-21(16)22(20(15)12-18)26-30-11-10-27-9-1-2-17(14-27)23(28)29/h5-8,12-13,17H,1-4,9-11,14H2,(H,28,29)/t17-/m1/s1. The second-order valence-corrected chi connectivity index (χ2v) is 8.73. The Hall–Kier alpha value is -2.08. The maximum Gasteiger partial charge on any atom is 0.307 e. The minimum Gasteiger partial charge on any atom is -0.481 e. The zero-order valence-electron chi connectivity index (χ0n) is 16.6. The third-order valence-electron chi connectivity index (χ3n) is 5.83. The quantitative estimate of drug-likeness (QED) is 0.535. The maximum atomic E-state index is 11.3. The number of carboxylic acid groups (broad SMARTS) is 1. The highest BCUT2D eigenvalue weighted by Crippen LogP contribution is 2.29. The molecule has 0 saturated carbocycles. The average Bonchev–Trinajstić information content (AvgIpc) is 2.88. The van der Waals surface area contributed by atoms with Gasteiger partial charge in [0.05, 0.1) is 5.92 Å². The molecule has 1 N–H and O–H groups in total. The summed E-state index contributed by atoms with van der Waals surface area (Å²) in [5.41, 5.74) is 5.02. The fourth-order valence-corrected chi connectivity index (χ4v) is 4.57. The van der Waals surface area contributed by atoms with Crippen molar-refractivity contribution >= 4 is 34.9 Å². The van der Waals surface area contributed by atoms with Gasteiger partial charge in [-0.25, -0.2) is 0 Å². The molecule has 0 unspecified atom stereocenters. The van der Waals surface area contributed by atoms with Crippen LogP contribution in [-0.4, -0.2) is 47.9 Å². The molecule has 0 radical (unpaired) electrons. The minimum absolute atomic E-state index is 0.296. The van der Waals surface area contributed by atoms with Crippen LogP contribution in [0, 0.1) is 5.92 Å². The molecule has 30 heavy (non-hydrogen) atoms. The van der Waals surface area contributed by atoms with Gasteiger partial charge in [-0.15, -0.1) is 0 Å². The number of carbonyl (C=O) groups is 1. The summed E-state index contributed by atoms with van der Waals surface area (Å²) >= 11 is 12.6. The van der Waals surface area contributed by atoms with Gasteiger partial charge in [-0.2, -0.15) is 0 Å². The van der Waals surface area contributed by atoms with Crippen LogP contribution in [0.15, 0.2) is 41.6 Å². The molecule has 1 saturated heterocycles. The van der Waals surface area contributed by atoms with Crippen LogP contribution in [0.2, 0.25) is 10.0 Å². The zero-order valence-corrected chi connectivity index (χ0v) is 18.1. The van der Waals surface area contributed by atoms with E-state index in [1.54, 1.807) is 0 Å². The fourth-order valence-electron chi connectivity index (χ4n) is 4.23. The topological polar surface area (TPSA) is 62.1 Å². The molecular weight excluding hydrogens is 423 g/mol. The molecule has 4 rings (SSSR count). The molecular formula is C23H24Cl2N2O3. The van der Waals surface area contributed by atoms with Crippen molar-refractivity contribution in [1.82, 2.24) is 4.90 Å². The fraction of sp³-hybridized carbons (Fsp3) is 0.391. The molecule has 1 aliphatic heterocycles. The summed E-state index contributed by atoms with van der Waals surface area (Å²) in [7, 11) is 0. The Morgan fingerprint density at radius 1 is 1.10 bits per heavy atom. The van der Waals surface area contributed by atoms with Crippen LogP contribution >= 0.6 is 23.2 Å². The maximum absolute atomic E-state index is 11.3. The first kappa shape index (κ1) is 21.2. The van der Waals surface area contributed by atoms with Crippen molar-refractivity contribution in [2.75, 3.05) is 26.2 Å². The van der Waals surface area contributed by atoms with E-state index >= 15 is 0 Å². The number of likely N-dealkylation sites (tertiary alicyclic amines) is 1. The lowest BCUT2D eigenvalue weighted by Crippen LogP contribution is -2.40. The van der Waals surface area contributed by atoms with Gasteiger partial charge in [0.15, 0.2) is 0 Å². The van der Waals surface area contributed by atoms with Crippen LogP contribution in [0.3, 0.4) is 0 Å². The Kier molecular flexibility index (Phi) is 6.61. The number of halogens is 2. The Morgan fingerprint density at radius 3 is 2.33 bits per heavy atom. The molecule has 2 aromatic carbocycles. The lowest BCUT2D eigenvalue weighted by Gasteiger charge is -2.30. The average molecular weight is 447 g/mol. The monoisotopic (exact) mass is 446 g/mol. The van der Waals surface area contributed by atoms with Crippen molar-refractivity contribution in [2.24, 2.45) is 11.1 Å². The summed E-state index contributed by atoms with van der Waals surface area (Å²) in [6.07, 6.45) is 3.42. The van der Waals surface area contributed by atoms with E-state index in [1.165, 1.54) is 11.1 Å². The Labute approximate surface area is 186 Å². The number of rotatable bonds is 5. The molecule has 158 valence electrons. The van der Waals surface area contributed by atoms with Gasteiger partial charge >= 0.3 is 5.97 Å². The van der Waals surface area contributed by atoms with Gasteiger partial charge in [-0.05, 0) is 67.6 Å². The van der Waals surface area contributed by atoms with Gasteiger partial charge in [0.2, 0.25) is 0 Å². The molecule has 1 heterocycles. The minimum atomic E-state index is -0.721. The molecule has 0 aromatic heterocycles. The van der Waals surface area contributed by atoms with Crippen molar-refractivity contribution in [3.8, 4) is 0 Å².